The van der Waals surface area contributed by atoms with E-state index >= 15 is 0 Å². The Kier molecular flexibility index (Phi) is 3.64. The normalized spacial score (nSPS) is 12.9. The van der Waals surface area contributed by atoms with Crippen LogP contribution in [0.5, 0.6) is 0 Å². The minimum atomic E-state index is -0.0435. The van der Waals surface area contributed by atoms with Crippen molar-refractivity contribution < 1.29 is 0 Å². The highest BCUT2D eigenvalue weighted by molar-refractivity contribution is 7.12. The third kappa shape index (κ3) is 2.58. The first kappa shape index (κ1) is 12.3. The molecule has 0 amide bonds. The molecule has 0 bridgehead atoms. The van der Waals surface area contributed by atoms with Crippen molar-refractivity contribution in [2.24, 2.45) is 5.73 Å². The summed E-state index contributed by atoms with van der Waals surface area (Å²) in [6.45, 7) is 7.36. The average molecular weight is 249 g/mol. The van der Waals surface area contributed by atoms with Crippen LogP contribution in [0.1, 0.15) is 40.3 Å². The van der Waals surface area contributed by atoms with Crippen molar-refractivity contribution in [3.8, 4) is 0 Å². The van der Waals surface area contributed by atoms with Gasteiger partial charge in [-0.05, 0) is 31.9 Å². The van der Waals surface area contributed by atoms with E-state index < -0.39 is 0 Å². The van der Waals surface area contributed by atoms with Crippen molar-refractivity contribution in [2.75, 3.05) is 0 Å². The molecule has 2 rings (SSSR count). The molecule has 2 heterocycles. The fraction of sp³-hybridized carbons (Fsp3) is 0.462. The summed E-state index contributed by atoms with van der Waals surface area (Å²) in [4.78, 5) is 2.56. The van der Waals surface area contributed by atoms with Crippen LogP contribution in [0.15, 0.2) is 18.5 Å². The molecule has 0 fully saturated rings. The minimum absolute atomic E-state index is 0.0435. The van der Waals surface area contributed by atoms with Gasteiger partial charge in [0.05, 0.1) is 12.2 Å². The summed E-state index contributed by atoms with van der Waals surface area (Å²) in [6.07, 6.45) is 5.02. The van der Waals surface area contributed by atoms with Crippen LogP contribution in [-0.2, 0) is 6.54 Å². The maximum absolute atomic E-state index is 6.27. The van der Waals surface area contributed by atoms with Crippen molar-refractivity contribution in [1.82, 2.24) is 9.78 Å². The predicted octanol–water partition coefficient (Wildman–Crippen LogP) is 3.02. The van der Waals surface area contributed by atoms with Crippen LogP contribution >= 0.6 is 11.3 Å². The lowest BCUT2D eigenvalue weighted by Crippen LogP contribution is -2.09. The lowest BCUT2D eigenvalue weighted by atomic mass is 10.1. The van der Waals surface area contributed by atoms with Gasteiger partial charge < -0.3 is 5.73 Å². The zero-order chi connectivity index (χ0) is 12.4. The van der Waals surface area contributed by atoms with E-state index in [9.17, 15) is 0 Å². The van der Waals surface area contributed by atoms with Crippen molar-refractivity contribution in [1.29, 1.82) is 0 Å². The molecule has 1 atom stereocenters. The van der Waals surface area contributed by atoms with Crippen molar-refractivity contribution in [3.63, 3.8) is 0 Å². The van der Waals surface area contributed by atoms with Crippen LogP contribution < -0.4 is 5.73 Å². The molecule has 0 aromatic carbocycles. The first-order valence-electron chi connectivity index (χ1n) is 5.96. The smallest absolute Gasteiger partial charge is 0.0677 e. The predicted molar refractivity (Wildman–Crippen MR) is 72.3 cm³/mol. The van der Waals surface area contributed by atoms with E-state index in [4.69, 9.17) is 5.73 Å². The number of hydrogen-bond donors (Lipinski definition) is 1. The van der Waals surface area contributed by atoms with E-state index in [-0.39, 0.29) is 6.04 Å². The van der Waals surface area contributed by atoms with E-state index in [0.717, 1.165) is 18.5 Å². The van der Waals surface area contributed by atoms with Gasteiger partial charge in [-0.3, -0.25) is 4.68 Å². The second-order valence-electron chi connectivity index (χ2n) is 4.40. The lowest BCUT2D eigenvalue weighted by Gasteiger charge is -2.05. The van der Waals surface area contributed by atoms with Crippen LogP contribution in [0.3, 0.4) is 0 Å². The molecule has 3 nitrogen and oxygen atoms in total. The number of hydrogen-bond acceptors (Lipinski definition) is 3. The van der Waals surface area contributed by atoms with Crippen molar-refractivity contribution in [2.45, 2.75) is 39.8 Å². The maximum Gasteiger partial charge on any atom is 0.0677 e. The molecular formula is C13H19N3S. The standard InChI is InChI=1S/C13H19N3S/c1-4-5-16-8-11(7-15-16)13(14)12-6-9(2)10(3)17-12/h6-8,13H,4-5,14H2,1-3H3. The number of nitrogens with two attached hydrogens (primary N) is 1. The Labute approximate surface area is 106 Å². The number of nitrogens with zero attached hydrogens (tertiary/aromatic N) is 2. The molecule has 0 aliphatic heterocycles. The molecule has 0 saturated heterocycles. The molecule has 1 unspecified atom stereocenters. The maximum atomic E-state index is 6.27. The van der Waals surface area contributed by atoms with Gasteiger partial charge in [0, 0.05) is 28.1 Å². The molecule has 0 aliphatic carbocycles. The van der Waals surface area contributed by atoms with Crippen LogP contribution in [0.2, 0.25) is 0 Å². The van der Waals surface area contributed by atoms with Gasteiger partial charge in [0.1, 0.15) is 0 Å². The second-order valence-corrected chi connectivity index (χ2v) is 5.69. The van der Waals surface area contributed by atoms with Crippen molar-refractivity contribution >= 4 is 11.3 Å². The molecule has 2 N–H and O–H groups in total. The molecular weight excluding hydrogens is 230 g/mol. The number of rotatable bonds is 4. The Morgan fingerprint density at radius 3 is 2.82 bits per heavy atom. The first-order chi connectivity index (χ1) is 8.11. The topological polar surface area (TPSA) is 43.8 Å². The summed E-state index contributed by atoms with van der Waals surface area (Å²) in [5, 5.41) is 4.32. The lowest BCUT2D eigenvalue weighted by molar-refractivity contribution is 0.602. The summed E-state index contributed by atoms with van der Waals surface area (Å²) < 4.78 is 1.96. The summed E-state index contributed by atoms with van der Waals surface area (Å²) in [5.41, 5.74) is 8.68. The van der Waals surface area contributed by atoms with Crippen LogP contribution in [-0.4, -0.2) is 9.78 Å². The minimum Gasteiger partial charge on any atom is -0.320 e. The monoisotopic (exact) mass is 249 g/mol. The van der Waals surface area contributed by atoms with E-state index in [1.54, 1.807) is 11.3 Å². The second kappa shape index (κ2) is 5.02. The van der Waals surface area contributed by atoms with E-state index in [1.165, 1.54) is 15.3 Å². The van der Waals surface area contributed by atoms with Crippen LogP contribution in [0, 0.1) is 13.8 Å². The molecule has 2 aromatic rings. The molecule has 2 aromatic heterocycles. The number of aromatic nitrogens is 2. The Hall–Kier alpha value is -1.13. The molecule has 0 saturated carbocycles. The Bertz CT molecular complexity index is 479. The van der Waals surface area contributed by atoms with E-state index in [1.807, 2.05) is 10.9 Å². The highest BCUT2D eigenvalue weighted by Crippen LogP contribution is 2.28. The van der Waals surface area contributed by atoms with Gasteiger partial charge >= 0.3 is 0 Å². The largest absolute Gasteiger partial charge is 0.320 e. The number of aryl methyl sites for hydroxylation is 3. The van der Waals surface area contributed by atoms with Crippen molar-refractivity contribution in [3.05, 3.63) is 39.3 Å². The molecule has 0 aliphatic rings. The molecule has 0 radical (unpaired) electrons. The van der Waals surface area contributed by atoms with Gasteiger partial charge in [-0.15, -0.1) is 11.3 Å². The Morgan fingerprint density at radius 2 is 2.24 bits per heavy atom. The first-order valence-corrected chi connectivity index (χ1v) is 6.78. The van der Waals surface area contributed by atoms with Crippen LogP contribution in [0.4, 0.5) is 0 Å². The summed E-state index contributed by atoms with van der Waals surface area (Å²) >= 11 is 1.78. The molecule has 0 spiro atoms. The summed E-state index contributed by atoms with van der Waals surface area (Å²) in [6, 6.07) is 2.14. The van der Waals surface area contributed by atoms with Gasteiger partial charge in [-0.2, -0.15) is 5.10 Å². The zero-order valence-electron chi connectivity index (χ0n) is 10.6. The number of thiophene rings is 1. The fourth-order valence-corrected chi connectivity index (χ4v) is 2.88. The highest BCUT2D eigenvalue weighted by atomic mass is 32.1. The van der Waals surface area contributed by atoms with E-state index in [2.05, 4.69) is 38.1 Å². The van der Waals surface area contributed by atoms with E-state index in [0.29, 0.717) is 0 Å². The van der Waals surface area contributed by atoms with Gasteiger partial charge in [-0.1, -0.05) is 6.92 Å². The highest BCUT2D eigenvalue weighted by Gasteiger charge is 2.14. The average Bonchev–Trinajstić information content (AvgIpc) is 2.87. The zero-order valence-corrected chi connectivity index (χ0v) is 11.4. The molecule has 17 heavy (non-hydrogen) atoms. The Morgan fingerprint density at radius 1 is 1.47 bits per heavy atom. The molecule has 4 heteroatoms. The van der Waals surface area contributed by atoms with Gasteiger partial charge in [0.25, 0.3) is 0 Å². The molecule has 92 valence electrons. The fourth-order valence-electron chi connectivity index (χ4n) is 1.81. The Balaban J connectivity index is 2.20. The SMILES string of the molecule is CCCn1cc(C(N)c2cc(C)c(C)s2)cn1. The third-order valence-electron chi connectivity index (χ3n) is 2.96. The third-order valence-corrected chi connectivity index (χ3v) is 4.19. The quantitative estimate of drug-likeness (QED) is 0.905. The van der Waals surface area contributed by atoms with Gasteiger partial charge in [0.15, 0.2) is 0 Å². The summed E-state index contributed by atoms with van der Waals surface area (Å²) in [5.74, 6) is 0. The summed E-state index contributed by atoms with van der Waals surface area (Å²) in [7, 11) is 0. The van der Waals surface area contributed by atoms with Crippen LogP contribution in [0.25, 0.3) is 0 Å². The van der Waals surface area contributed by atoms with Gasteiger partial charge in [-0.25, -0.2) is 0 Å². The van der Waals surface area contributed by atoms with Gasteiger partial charge in [0.2, 0.25) is 0 Å².